The molecule has 0 aliphatic carbocycles. The van der Waals surface area contributed by atoms with Gasteiger partial charge < -0.3 is 26.1 Å². The van der Waals surface area contributed by atoms with Crippen molar-refractivity contribution in [2.45, 2.75) is 11.4 Å². The van der Waals surface area contributed by atoms with E-state index >= 15 is 0 Å². The number of hydrogen-bond donors (Lipinski definition) is 4. The Kier molecular flexibility index (Phi) is 6.76. The lowest BCUT2D eigenvalue weighted by Crippen LogP contribution is -2.71. The largest absolute Gasteiger partial charge is 0.479 e. The Morgan fingerprint density at radius 3 is 2.75 bits per heavy atom. The Labute approximate surface area is 185 Å². The number of nitrogens with two attached hydrogens (primary N) is 1. The second-order valence-corrected chi connectivity index (χ2v) is 7.96. The number of aliphatic carboxylic acids is 2. The fraction of sp³-hybridized carbons (Fsp3) is 0.357. The molecule has 1 fully saturated rings. The highest BCUT2D eigenvalue weighted by atomic mass is 32.2. The molecule has 18 heteroatoms. The standard InChI is InChI=1S/C14H13N9O7S2/c15-14-19-9(21-32-14)6(20-30-2-5(24)25)10(26)18-7-11(27)23-8(13(28)29)4(1-17-22-16)3-31-12(7)23/h7,12H,1-3H2,(H,18,26)(H,24,25)(H,28,29)(H2,15,19,21)/t7?,12-/m1/s1. The van der Waals surface area contributed by atoms with Gasteiger partial charge in [0.25, 0.3) is 11.8 Å². The topological polar surface area (TPSA) is 246 Å². The average Bonchev–Trinajstić information content (AvgIpc) is 3.17. The summed E-state index contributed by atoms with van der Waals surface area (Å²) < 4.78 is 3.82. The molecule has 2 atom stereocenters. The fourth-order valence-electron chi connectivity index (χ4n) is 2.80. The molecule has 2 aliphatic rings. The van der Waals surface area contributed by atoms with E-state index in [4.69, 9.17) is 16.4 Å². The Hall–Kier alpha value is -3.89. The van der Waals surface area contributed by atoms with Crippen LogP contribution in [0.25, 0.3) is 10.4 Å². The molecule has 2 amide bonds. The first-order valence-electron chi connectivity index (χ1n) is 8.47. The number of amides is 2. The van der Waals surface area contributed by atoms with Crippen LogP contribution in [0.4, 0.5) is 5.13 Å². The number of oxime groups is 1. The summed E-state index contributed by atoms with van der Waals surface area (Å²) in [6.45, 7) is -1.06. The number of nitrogens with one attached hydrogen (secondary N) is 1. The van der Waals surface area contributed by atoms with Crippen LogP contribution in [0.15, 0.2) is 21.5 Å². The zero-order valence-corrected chi connectivity index (χ0v) is 17.4. The number of carbonyl (C=O) groups is 4. The molecule has 5 N–H and O–H groups in total. The molecule has 32 heavy (non-hydrogen) atoms. The maximum atomic E-state index is 12.7. The molecule has 0 bridgehead atoms. The van der Waals surface area contributed by atoms with Gasteiger partial charge in [-0.1, -0.05) is 10.3 Å². The number of hydrogen-bond acceptors (Lipinski definition) is 12. The van der Waals surface area contributed by atoms with Gasteiger partial charge in [0.05, 0.1) is 6.54 Å². The number of rotatable bonds is 9. The molecule has 1 unspecified atom stereocenters. The van der Waals surface area contributed by atoms with Crippen molar-refractivity contribution in [1.29, 1.82) is 0 Å². The number of aromatic nitrogens is 2. The molecule has 0 spiro atoms. The number of azide groups is 1. The van der Waals surface area contributed by atoms with Gasteiger partial charge in [-0.2, -0.15) is 9.36 Å². The Balaban J connectivity index is 1.79. The van der Waals surface area contributed by atoms with Crippen molar-refractivity contribution < 1.29 is 34.2 Å². The first-order chi connectivity index (χ1) is 15.2. The maximum absolute atomic E-state index is 12.7. The second-order valence-electron chi connectivity index (χ2n) is 6.07. The predicted molar refractivity (Wildman–Crippen MR) is 108 cm³/mol. The van der Waals surface area contributed by atoms with E-state index < -0.39 is 47.5 Å². The normalized spacial score (nSPS) is 20.1. The van der Waals surface area contributed by atoms with E-state index in [-0.39, 0.29) is 34.5 Å². The molecule has 1 aromatic rings. The molecule has 168 valence electrons. The minimum Gasteiger partial charge on any atom is -0.479 e. The quantitative estimate of drug-likeness (QED) is 0.0825. The van der Waals surface area contributed by atoms with Crippen LogP contribution in [-0.4, -0.2) is 84.3 Å². The van der Waals surface area contributed by atoms with Gasteiger partial charge in [0.15, 0.2) is 5.13 Å². The number of carboxylic acid groups (broad SMARTS) is 2. The van der Waals surface area contributed by atoms with E-state index in [1.54, 1.807) is 0 Å². The fourth-order valence-corrected chi connectivity index (χ4v) is 4.57. The molecule has 16 nitrogen and oxygen atoms in total. The summed E-state index contributed by atoms with van der Waals surface area (Å²) in [5.41, 5.74) is 13.4. The van der Waals surface area contributed by atoms with Crippen LogP contribution in [0.3, 0.4) is 0 Å². The summed E-state index contributed by atoms with van der Waals surface area (Å²) in [5, 5.41) is 26.6. The smallest absolute Gasteiger partial charge is 0.352 e. The van der Waals surface area contributed by atoms with Crippen LogP contribution >= 0.6 is 23.3 Å². The number of carbonyl (C=O) groups excluding carboxylic acids is 2. The summed E-state index contributed by atoms with van der Waals surface area (Å²) in [6, 6.07) is -1.11. The first-order valence-corrected chi connectivity index (χ1v) is 10.3. The molecular weight excluding hydrogens is 470 g/mol. The lowest BCUT2D eigenvalue weighted by atomic mass is 10.0. The number of β-lactam (4-membered cyclic amide) rings is 1. The predicted octanol–water partition coefficient (Wildman–Crippen LogP) is -1.03. The zero-order chi connectivity index (χ0) is 23.4. The van der Waals surface area contributed by atoms with Gasteiger partial charge in [-0.3, -0.25) is 14.5 Å². The summed E-state index contributed by atoms with van der Waals surface area (Å²) >= 11 is 1.92. The number of nitrogens with zero attached hydrogens (tertiary/aromatic N) is 7. The van der Waals surface area contributed by atoms with Gasteiger partial charge in [-0.25, -0.2) is 9.59 Å². The highest BCUT2D eigenvalue weighted by molar-refractivity contribution is 8.00. The third-order valence-electron chi connectivity index (χ3n) is 4.07. The molecule has 2 aliphatic heterocycles. The summed E-state index contributed by atoms with van der Waals surface area (Å²) in [7, 11) is 0. The van der Waals surface area contributed by atoms with Crippen molar-refractivity contribution in [3.05, 3.63) is 27.5 Å². The molecule has 3 heterocycles. The number of anilines is 1. The van der Waals surface area contributed by atoms with Gasteiger partial charge in [0.1, 0.15) is 17.1 Å². The molecular formula is C14H13N9O7S2. The third-order valence-corrected chi connectivity index (χ3v) is 5.96. The van der Waals surface area contributed by atoms with E-state index in [1.807, 2.05) is 0 Å². The summed E-state index contributed by atoms with van der Waals surface area (Å²) in [6.07, 6.45) is 0. The highest BCUT2D eigenvalue weighted by Crippen LogP contribution is 2.40. The first kappa shape index (κ1) is 22.8. The van der Waals surface area contributed by atoms with Gasteiger partial charge >= 0.3 is 11.9 Å². The van der Waals surface area contributed by atoms with Crippen LogP contribution in [0, 0.1) is 0 Å². The van der Waals surface area contributed by atoms with Crippen LogP contribution in [-0.2, 0) is 24.0 Å². The molecule has 1 aromatic heterocycles. The van der Waals surface area contributed by atoms with Crippen molar-refractivity contribution in [3.8, 4) is 0 Å². The summed E-state index contributed by atoms with van der Waals surface area (Å²) in [4.78, 5) is 59.6. The van der Waals surface area contributed by atoms with Crippen LogP contribution < -0.4 is 11.1 Å². The van der Waals surface area contributed by atoms with E-state index in [0.29, 0.717) is 0 Å². The van der Waals surface area contributed by atoms with Crippen LogP contribution in [0.2, 0.25) is 0 Å². The minimum absolute atomic E-state index is 0.0104. The highest BCUT2D eigenvalue weighted by Gasteiger charge is 2.54. The van der Waals surface area contributed by atoms with Gasteiger partial charge in [0, 0.05) is 22.2 Å². The van der Waals surface area contributed by atoms with Gasteiger partial charge in [0.2, 0.25) is 18.1 Å². The SMILES string of the molecule is [N-]=[N+]=NCC1=C(C(=O)O)N2C(=O)C(NC(=O)C(=NOCC(=O)O)c3nsc(N)n3)[C@H]2SC1. The van der Waals surface area contributed by atoms with E-state index in [2.05, 4.69) is 34.7 Å². The Morgan fingerprint density at radius 1 is 1.41 bits per heavy atom. The van der Waals surface area contributed by atoms with E-state index in [1.165, 1.54) is 11.8 Å². The molecule has 0 radical (unpaired) electrons. The van der Waals surface area contributed by atoms with Crippen molar-refractivity contribution in [1.82, 2.24) is 19.6 Å². The van der Waals surface area contributed by atoms with Crippen molar-refractivity contribution >= 4 is 57.9 Å². The second kappa shape index (κ2) is 9.50. The minimum atomic E-state index is -1.37. The molecule has 0 saturated carbocycles. The number of fused-ring (bicyclic) bond motifs is 1. The number of thioether (sulfide) groups is 1. The number of carboxylic acids is 2. The van der Waals surface area contributed by atoms with E-state index in [9.17, 15) is 24.3 Å². The molecule has 3 rings (SSSR count). The van der Waals surface area contributed by atoms with E-state index in [0.717, 1.165) is 16.4 Å². The van der Waals surface area contributed by atoms with Gasteiger partial charge in [-0.15, -0.1) is 11.8 Å². The van der Waals surface area contributed by atoms with Crippen molar-refractivity contribution in [3.63, 3.8) is 0 Å². The zero-order valence-electron chi connectivity index (χ0n) is 15.7. The summed E-state index contributed by atoms with van der Waals surface area (Å²) in [5.74, 6) is -4.45. The average molecular weight is 483 g/mol. The van der Waals surface area contributed by atoms with Gasteiger partial charge in [-0.05, 0) is 11.1 Å². The lowest BCUT2D eigenvalue weighted by molar-refractivity contribution is -0.150. The monoisotopic (exact) mass is 483 g/mol. The lowest BCUT2D eigenvalue weighted by Gasteiger charge is -2.49. The molecule has 0 aromatic carbocycles. The molecule has 1 saturated heterocycles. The maximum Gasteiger partial charge on any atom is 0.352 e. The van der Waals surface area contributed by atoms with Crippen LogP contribution in [0.1, 0.15) is 5.82 Å². The van der Waals surface area contributed by atoms with Crippen molar-refractivity contribution in [2.75, 3.05) is 24.6 Å². The number of nitrogen functional groups attached to an aromatic ring is 1. The van der Waals surface area contributed by atoms with Crippen molar-refractivity contribution in [2.24, 2.45) is 10.3 Å². The third kappa shape index (κ3) is 4.56. The Bertz CT molecular complexity index is 1090. The van der Waals surface area contributed by atoms with Crippen LogP contribution in [0.5, 0.6) is 0 Å². The Morgan fingerprint density at radius 2 is 2.16 bits per heavy atom.